The zero-order valence-electron chi connectivity index (χ0n) is 7.13. The van der Waals surface area contributed by atoms with E-state index in [1.54, 1.807) is 24.3 Å². The van der Waals surface area contributed by atoms with Crippen LogP contribution in [0.5, 0.6) is 0 Å². The Hall–Kier alpha value is -1.26. The van der Waals surface area contributed by atoms with Gasteiger partial charge < -0.3 is 0 Å². The first kappa shape index (κ1) is 9.83. The molecule has 0 aliphatic heterocycles. The Morgan fingerprint density at radius 2 is 2.23 bits per heavy atom. The van der Waals surface area contributed by atoms with Gasteiger partial charge in [0.05, 0.1) is 11.6 Å². The molecular formula is C11H9ClN. The molecule has 0 spiro atoms. The minimum Gasteiger partial charge on any atom is -0.192 e. The molecule has 2 heteroatoms. The predicted molar refractivity (Wildman–Crippen MR) is 54.5 cm³/mol. The fraction of sp³-hybridized carbons (Fsp3) is 0.0909. The van der Waals surface area contributed by atoms with Gasteiger partial charge in [-0.3, -0.25) is 0 Å². The van der Waals surface area contributed by atoms with Gasteiger partial charge in [0, 0.05) is 10.9 Å². The molecule has 1 radical (unpaired) electrons. The van der Waals surface area contributed by atoms with E-state index in [1.165, 1.54) is 0 Å². The lowest BCUT2D eigenvalue weighted by atomic mass is 9.96. The van der Waals surface area contributed by atoms with Crippen molar-refractivity contribution in [3.63, 3.8) is 0 Å². The van der Waals surface area contributed by atoms with Gasteiger partial charge in [0.2, 0.25) is 0 Å². The Kier molecular flexibility index (Phi) is 3.11. The van der Waals surface area contributed by atoms with Crippen molar-refractivity contribution in [1.82, 2.24) is 0 Å². The molecule has 0 heterocycles. The number of benzene rings is 1. The van der Waals surface area contributed by atoms with Crippen LogP contribution in [0.25, 0.3) is 0 Å². The first-order valence-electron chi connectivity index (χ1n) is 3.84. The van der Waals surface area contributed by atoms with E-state index in [1.807, 2.05) is 0 Å². The second kappa shape index (κ2) is 4.11. The first-order chi connectivity index (χ1) is 6.19. The summed E-state index contributed by atoms with van der Waals surface area (Å²) in [5, 5.41) is 9.41. The maximum Gasteiger partial charge on any atom is 0.0994 e. The maximum absolute atomic E-state index is 8.80. The van der Waals surface area contributed by atoms with Crippen molar-refractivity contribution in [2.75, 3.05) is 0 Å². The fourth-order valence-corrected chi connectivity index (χ4v) is 1.25. The third-order valence-corrected chi connectivity index (χ3v) is 2.05. The first-order valence-corrected chi connectivity index (χ1v) is 4.22. The zero-order valence-corrected chi connectivity index (χ0v) is 7.88. The number of nitriles is 1. The molecule has 65 valence electrons. The van der Waals surface area contributed by atoms with Crippen molar-refractivity contribution < 1.29 is 0 Å². The second-order valence-electron chi connectivity index (χ2n) is 2.69. The third-order valence-electron chi connectivity index (χ3n) is 1.82. The molecule has 1 aromatic carbocycles. The van der Waals surface area contributed by atoms with Gasteiger partial charge in [-0.1, -0.05) is 17.7 Å². The second-order valence-corrected chi connectivity index (χ2v) is 3.12. The van der Waals surface area contributed by atoms with Gasteiger partial charge in [0.25, 0.3) is 0 Å². The quantitative estimate of drug-likeness (QED) is 0.657. The number of nitrogens with zero attached hydrogens (tertiary/aromatic N) is 1. The van der Waals surface area contributed by atoms with E-state index in [9.17, 15) is 0 Å². The SMILES string of the molecule is [CH2]C(C=C)c1cc(Cl)ccc1C#N. The lowest BCUT2D eigenvalue weighted by Crippen LogP contribution is -1.93. The van der Waals surface area contributed by atoms with Crippen LogP contribution >= 0.6 is 11.6 Å². The van der Waals surface area contributed by atoms with Crippen molar-refractivity contribution in [1.29, 1.82) is 5.26 Å². The summed E-state index contributed by atoms with van der Waals surface area (Å²) in [5.41, 5.74) is 1.43. The summed E-state index contributed by atoms with van der Waals surface area (Å²) in [6.45, 7) is 7.48. The van der Waals surface area contributed by atoms with Crippen molar-refractivity contribution in [2.45, 2.75) is 5.92 Å². The fourth-order valence-electron chi connectivity index (χ4n) is 1.07. The van der Waals surface area contributed by atoms with Crippen LogP contribution < -0.4 is 0 Å². The van der Waals surface area contributed by atoms with Crippen molar-refractivity contribution in [2.24, 2.45) is 0 Å². The highest BCUT2D eigenvalue weighted by Gasteiger charge is 2.07. The molecular weight excluding hydrogens is 182 g/mol. The summed E-state index contributed by atoms with van der Waals surface area (Å²) in [7, 11) is 0. The highest BCUT2D eigenvalue weighted by atomic mass is 35.5. The van der Waals surface area contributed by atoms with E-state index in [2.05, 4.69) is 19.6 Å². The van der Waals surface area contributed by atoms with E-state index in [0.717, 1.165) is 5.56 Å². The Morgan fingerprint density at radius 1 is 1.54 bits per heavy atom. The van der Waals surface area contributed by atoms with Crippen LogP contribution in [0.3, 0.4) is 0 Å². The topological polar surface area (TPSA) is 23.8 Å². The molecule has 0 amide bonds. The van der Waals surface area contributed by atoms with E-state index in [4.69, 9.17) is 16.9 Å². The highest BCUT2D eigenvalue weighted by molar-refractivity contribution is 6.30. The van der Waals surface area contributed by atoms with Crippen LogP contribution in [0, 0.1) is 18.3 Å². The lowest BCUT2D eigenvalue weighted by Gasteiger charge is -2.08. The van der Waals surface area contributed by atoms with Gasteiger partial charge in [-0.05, 0) is 30.7 Å². The normalized spacial score (nSPS) is 11.8. The summed E-state index contributed by atoms with van der Waals surface area (Å²) in [6, 6.07) is 7.23. The third kappa shape index (κ3) is 2.11. The summed E-state index contributed by atoms with van der Waals surface area (Å²) in [6.07, 6.45) is 1.69. The van der Waals surface area contributed by atoms with Gasteiger partial charge >= 0.3 is 0 Å². The largest absolute Gasteiger partial charge is 0.192 e. The molecule has 0 aliphatic rings. The Bertz CT molecular complexity index is 363. The molecule has 13 heavy (non-hydrogen) atoms. The van der Waals surface area contributed by atoms with Crippen LogP contribution in [0.15, 0.2) is 30.9 Å². The van der Waals surface area contributed by atoms with Crippen LogP contribution in [-0.2, 0) is 0 Å². The van der Waals surface area contributed by atoms with Crippen LogP contribution in [0.4, 0.5) is 0 Å². The van der Waals surface area contributed by atoms with E-state index < -0.39 is 0 Å². The van der Waals surface area contributed by atoms with Crippen molar-refractivity contribution in [3.05, 3.63) is 53.9 Å². The molecule has 1 nitrogen and oxygen atoms in total. The van der Waals surface area contributed by atoms with Gasteiger partial charge in [0.1, 0.15) is 0 Å². The molecule has 1 aromatic rings. The number of hydrogen-bond acceptors (Lipinski definition) is 1. The molecule has 0 bridgehead atoms. The minimum absolute atomic E-state index is 0.0895. The number of halogens is 1. The van der Waals surface area contributed by atoms with E-state index in [0.29, 0.717) is 10.6 Å². The summed E-state index contributed by atoms with van der Waals surface area (Å²) >= 11 is 5.80. The highest BCUT2D eigenvalue weighted by Crippen LogP contribution is 2.23. The molecule has 0 fully saturated rings. The molecule has 0 saturated carbocycles. The average molecular weight is 191 g/mol. The van der Waals surface area contributed by atoms with Crippen LogP contribution in [0.1, 0.15) is 17.0 Å². The molecule has 0 N–H and O–H groups in total. The number of hydrogen-bond donors (Lipinski definition) is 0. The molecule has 1 unspecified atom stereocenters. The Morgan fingerprint density at radius 3 is 2.77 bits per heavy atom. The Balaban J connectivity index is 3.25. The van der Waals surface area contributed by atoms with Gasteiger partial charge in [-0.2, -0.15) is 5.26 Å². The van der Waals surface area contributed by atoms with Crippen LogP contribution in [-0.4, -0.2) is 0 Å². The van der Waals surface area contributed by atoms with Gasteiger partial charge in [-0.25, -0.2) is 0 Å². The molecule has 1 rings (SSSR count). The monoisotopic (exact) mass is 190 g/mol. The molecule has 0 aromatic heterocycles. The van der Waals surface area contributed by atoms with Crippen LogP contribution in [0.2, 0.25) is 5.02 Å². The standard InChI is InChI=1S/C11H9ClN/c1-3-8(2)11-6-10(12)5-4-9(11)7-13/h3-6,8H,1-2H2. The van der Waals surface area contributed by atoms with Gasteiger partial charge in [-0.15, -0.1) is 6.58 Å². The lowest BCUT2D eigenvalue weighted by molar-refractivity contribution is 1.07. The van der Waals surface area contributed by atoms with Crippen molar-refractivity contribution >= 4 is 11.6 Å². The number of rotatable bonds is 2. The summed E-state index contributed by atoms with van der Waals surface area (Å²) in [4.78, 5) is 0. The minimum atomic E-state index is -0.0895. The van der Waals surface area contributed by atoms with E-state index in [-0.39, 0.29) is 5.92 Å². The maximum atomic E-state index is 8.80. The molecule has 0 aliphatic carbocycles. The average Bonchev–Trinajstić information content (AvgIpc) is 2.16. The van der Waals surface area contributed by atoms with Crippen molar-refractivity contribution in [3.8, 4) is 6.07 Å². The smallest absolute Gasteiger partial charge is 0.0994 e. The Labute approximate surface area is 83.3 Å². The zero-order chi connectivity index (χ0) is 9.84. The molecule has 1 atom stereocenters. The molecule has 0 saturated heterocycles. The van der Waals surface area contributed by atoms with E-state index >= 15 is 0 Å². The number of allylic oxidation sites excluding steroid dienone is 1. The summed E-state index contributed by atoms with van der Waals surface area (Å²) < 4.78 is 0. The predicted octanol–water partition coefficient (Wildman–Crippen LogP) is 3.32. The summed E-state index contributed by atoms with van der Waals surface area (Å²) in [5.74, 6) is -0.0895. The van der Waals surface area contributed by atoms with Gasteiger partial charge in [0.15, 0.2) is 0 Å².